The number of oxime groups is 1. The summed E-state index contributed by atoms with van der Waals surface area (Å²) in [5, 5.41) is 25.9. The number of ether oxygens (including phenoxy) is 3. The molecule has 17 nitrogen and oxygen atoms in total. The van der Waals surface area contributed by atoms with Gasteiger partial charge in [-0.3, -0.25) is 24.1 Å². The van der Waals surface area contributed by atoms with Crippen LogP contribution in [0.4, 0.5) is 9.59 Å². The third-order valence-corrected chi connectivity index (χ3v) is 7.76. The molecule has 1 aromatic rings. The van der Waals surface area contributed by atoms with Crippen molar-refractivity contribution in [1.29, 1.82) is 0 Å². The zero-order chi connectivity index (χ0) is 30.3. The number of rotatable bonds is 12. The maximum Gasteiger partial charge on any atom is 0.512 e. The Morgan fingerprint density at radius 1 is 1.22 bits per heavy atom. The summed E-state index contributed by atoms with van der Waals surface area (Å²) >= 11 is 2.28. The van der Waals surface area contributed by atoms with Crippen molar-refractivity contribution in [2.24, 2.45) is 10.9 Å². The van der Waals surface area contributed by atoms with Gasteiger partial charge in [-0.05, 0) is 12.1 Å². The van der Waals surface area contributed by atoms with Gasteiger partial charge in [0.15, 0.2) is 5.71 Å². The predicted molar refractivity (Wildman–Crippen MR) is 139 cm³/mol. The minimum atomic E-state index is -1.67. The summed E-state index contributed by atoms with van der Waals surface area (Å²) in [5.74, 6) is -3.44. The summed E-state index contributed by atoms with van der Waals surface area (Å²) in [6, 6.07) is 0.722. The van der Waals surface area contributed by atoms with E-state index in [-0.39, 0.29) is 36.1 Å². The van der Waals surface area contributed by atoms with Crippen molar-refractivity contribution in [2.75, 3.05) is 26.1 Å². The molecule has 2 aliphatic heterocycles. The van der Waals surface area contributed by atoms with Gasteiger partial charge < -0.3 is 45.6 Å². The van der Waals surface area contributed by atoms with E-state index in [1.54, 1.807) is 6.07 Å². The lowest BCUT2D eigenvalue weighted by molar-refractivity contribution is -0.148. The highest BCUT2D eigenvalue weighted by molar-refractivity contribution is 8.00. The fraction of sp³-hybridized carbons (Fsp3) is 0.409. The van der Waals surface area contributed by atoms with Crippen LogP contribution in [0.15, 0.2) is 28.7 Å². The van der Waals surface area contributed by atoms with Gasteiger partial charge in [0.1, 0.15) is 37.8 Å². The molecule has 0 bridgehead atoms. The molecule has 3 heterocycles. The van der Waals surface area contributed by atoms with E-state index in [1.165, 1.54) is 31.9 Å². The van der Waals surface area contributed by atoms with Gasteiger partial charge in [0.2, 0.25) is 5.88 Å². The van der Waals surface area contributed by atoms with Gasteiger partial charge in [-0.1, -0.05) is 5.16 Å². The van der Waals surface area contributed by atoms with Gasteiger partial charge in [0.25, 0.3) is 11.8 Å². The number of nitrogens with zero attached hydrogens (tertiary/aromatic N) is 2. The molecular weight excluding hydrogens is 590 g/mol. The number of carboxylic acid groups (broad SMARTS) is 2. The van der Waals surface area contributed by atoms with E-state index in [9.17, 15) is 28.8 Å². The molecule has 0 unspecified atom stereocenters. The van der Waals surface area contributed by atoms with Crippen LogP contribution in [0, 0.1) is 0 Å². The lowest BCUT2D eigenvalue weighted by atomic mass is 10.1. The summed E-state index contributed by atoms with van der Waals surface area (Å²) in [6.45, 7) is 0.369. The summed E-state index contributed by atoms with van der Waals surface area (Å²) in [6.07, 6.45) is -2.56. The van der Waals surface area contributed by atoms with Crippen LogP contribution in [0.3, 0.4) is 0 Å². The number of fused-ring (bicyclic) bond motifs is 1. The lowest BCUT2D eigenvalue weighted by Gasteiger charge is -2.49. The van der Waals surface area contributed by atoms with E-state index in [0.717, 1.165) is 16.2 Å². The second-order valence-corrected chi connectivity index (χ2v) is 10.5. The van der Waals surface area contributed by atoms with Crippen LogP contribution in [-0.4, -0.2) is 100 Å². The maximum atomic E-state index is 13.1. The molecule has 0 saturated carbocycles. The van der Waals surface area contributed by atoms with Crippen molar-refractivity contribution in [3.63, 3.8) is 0 Å². The first-order valence-corrected chi connectivity index (χ1v) is 13.4. The zero-order valence-electron chi connectivity index (χ0n) is 21.5. The number of aliphatic carboxylic acids is 1. The van der Waals surface area contributed by atoms with Crippen LogP contribution in [0.2, 0.25) is 0 Å². The number of β-lactam (4-membered cyclic amide) rings is 1. The molecule has 1 aromatic heterocycles. The van der Waals surface area contributed by atoms with Crippen molar-refractivity contribution in [3.05, 3.63) is 33.3 Å². The van der Waals surface area contributed by atoms with Gasteiger partial charge in [0, 0.05) is 23.1 Å². The number of hydrogen-bond donors (Lipinski definition) is 5. The fourth-order valence-corrected chi connectivity index (χ4v) is 5.67. The van der Waals surface area contributed by atoms with E-state index in [2.05, 4.69) is 15.8 Å². The molecule has 3 amide bonds. The smallest absolute Gasteiger partial charge is 0.480 e. The SMILES string of the molecule is CON=C(C(=O)N[C@@H]1C(=O)N2C(OC(=O)O)=C(COC(C)=O)CS[C@@H]12)c1ccc(CNC(=O)OC[C@@H](N)C(=O)O)s1. The zero-order valence-corrected chi connectivity index (χ0v) is 23.1. The molecule has 41 heavy (non-hydrogen) atoms. The first kappa shape index (κ1) is 31.2. The Bertz CT molecular complexity index is 1300. The number of thioether (sulfide) groups is 1. The van der Waals surface area contributed by atoms with Gasteiger partial charge >= 0.3 is 24.2 Å². The normalized spacial score (nSPS) is 18.9. The highest BCUT2D eigenvalue weighted by Gasteiger charge is 2.54. The number of amides is 3. The van der Waals surface area contributed by atoms with Crippen LogP contribution in [0.1, 0.15) is 16.7 Å². The van der Waals surface area contributed by atoms with Crippen LogP contribution >= 0.6 is 23.1 Å². The van der Waals surface area contributed by atoms with Gasteiger partial charge in [-0.2, -0.15) is 0 Å². The van der Waals surface area contributed by atoms with Crippen LogP contribution < -0.4 is 16.4 Å². The van der Waals surface area contributed by atoms with Gasteiger partial charge in [-0.15, -0.1) is 23.1 Å². The molecule has 0 spiro atoms. The Balaban J connectivity index is 1.64. The Kier molecular flexibility index (Phi) is 10.5. The second kappa shape index (κ2) is 13.8. The number of hydrogen-bond acceptors (Lipinski definition) is 14. The Hall–Kier alpha value is -4.36. The summed E-state index contributed by atoms with van der Waals surface area (Å²) < 4.78 is 14.5. The topological polar surface area (TPSA) is 245 Å². The number of nitrogens with two attached hydrogens (primary N) is 1. The van der Waals surface area contributed by atoms with Crippen molar-refractivity contribution in [3.8, 4) is 0 Å². The fourth-order valence-electron chi connectivity index (χ4n) is 3.44. The molecular formula is C22H25N5O12S2. The molecule has 3 atom stereocenters. The molecule has 1 fully saturated rings. The van der Waals surface area contributed by atoms with Crippen molar-refractivity contribution >= 4 is 64.8 Å². The largest absolute Gasteiger partial charge is 0.512 e. The third kappa shape index (κ3) is 7.86. The van der Waals surface area contributed by atoms with Gasteiger partial charge in [-0.25, -0.2) is 9.59 Å². The van der Waals surface area contributed by atoms with E-state index < -0.39 is 60.1 Å². The van der Waals surface area contributed by atoms with Crippen molar-refractivity contribution < 1.29 is 58.0 Å². The highest BCUT2D eigenvalue weighted by Crippen LogP contribution is 2.40. The number of carbonyl (C=O) groups is 6. The second-order valence-electron chi connectivity index (χ2n) is 8.20. The van der Waals surface area contributed by atoms with Gasteiger partial charge in [0.05, 0.1) is 11.4 Å². The van der Waals surface area contributed by atoms with Crippen LogP contribution in [-0.2, 0) is 44.8 Å². The Labute approximate surface area is 239 Å². The minimum absolute atomic E-state index is 0.0170. The van der Waals surface area contributed by atoms with Crippen molar-refractivity contribution in [2.45, 2.75) is 30.9 Å². The Morgan fingerprint density at radius 2 is 1.95 bits per heavy atom. The molecule has 0 aliphatic carbocycles. The van der Waals surface area contributed by atoms with E-state index >= 15 is 0 Å². The standard InChI is InChI=1S/C22H25N5O12S2/c1-9(28)37-6-10-8-40-19-15(17(30)27(19)18(10)39-22(34)35)25-16(29)14(26-36-2)13-4-3-11(41-13)5-24-21(33)38-7-12(23)20(31)32/h3-4,12,15,19H,5-8,23H2,1-2H3,(H,24,33)(H,25,29)(H,31,32)(H,34,35)/t12-,15-,19+/m1/s1. The van der Waals surface area contributed by atoms with E-state index in [1.807, 2.05) is 0 Å². The minimum Gasteiger partial charge on any atom is -0.480 e. The highest BCUT2D eigenvalue weighted by atomic mass is 32.2. The predicted octanol–water partition coefficient (Wildman–Crippen LogP) is -0.394. The number of alkyl carbamates (subject to hydrolysis) is 1. The first-order valence-electron chi connectivity index (χ1n) is 11.5. The Morgan fingerprint density at radius 3 is 2.59 bits per heavy atom. The maximum absolute atomic E-state index is 13.1. The molecule has 0 aromatic carbocycles. The number of carbonyl (C=O) groups excluding carboxylic acids is 4. The number of carboxylic acids is 1. The molecule has 222 valence electrons. The number of esters is 1. The van der Waals surface area contributed by atoms with Crippen LogP contribution in [0.25, 0.3) is 0 Å². The monoisotopic (exact) mass is 615 g/mol. The molecule has 0 radical (unpaired) electrons. The summed E-state index contributed by atoms with van der Waals surface area (Å²) in [5.41, 5.74) is 5.38. The van der Waals surface area contributed by atoms with Crippen LogP contribution in [0.5, 0.6) is 0 Å². The summed E-state index contributed by atoms with van der Waals surface area (Å²) in [7, 11) is 1.22. The summed E-state index contributed by atoms with van der Waals surface area (Å²) in [4.78, 5) is 77.7. The molecule has 19 heteroatoms. The molecule has 1 saturated heterocycles. The first-order chi connectivity index (χ1) is 19.4. The quantitative estimate of drug-likeness (QED) is 0.0661. The average Bonchev–Trinajstić information content (AvgIpc) is 3.38. The number of thiophene rings is 1. The van der Waals surface area contributed by atoms with E-state index in [0.29, 0.717) is 9.75 Å². The molecule has 6 N–H and O–H groups in total. The average molecular weight is 616 g/mol. The lowest BCUT2D eigenvalue weighted by Crippen LogP contribution is -2.70. The molecule has 3 rings (SSSR count). The third-order valence-electron chi connectivity index (χ3n) is 5.32. The van der Waals surface area contributed by atoms with E-state index in [4.69, 9.17) is 35.0 Å². The van der Waals surface area contributed by atoms with Crippen molar-refractivity contribution in [1.82, 2.24) is 15.5 Å². The molecule has 2 aliphatic rings. The number of nitrogens with one attached hydrogen (secondary N) is 2.